The van der Waals surface area contributed by atoms with Crippen molar-refractivity contribution in [3.63, 3.8) is 0 Å². The van der Waals surface area contributed by atoms with Gasteiger partial charge in [-0.15, -0.1) is 5.10 Å². The minimum absolute atomic E-state index is 0.0274. The summed E-state index contributed by atoms with van der Waals surface area (Å²) in [5.41, 5.74) is 0.491. The van der Waals surface area contributed by atoms with Gasteiger partial charge in [-0.25, -0.2) is 9.37 Å². The van der Waals surface area contributed by atoms with Gasteiger partial charge in [-0.05, 0) is 31.4 Å². The van der Waals surface area contributed by atoms with Crippen molar-refractivity contribution >= 4 is 22.8 Å². The molecule has 0 saturated heterocycles. The molecule has 27 heavy (non-hydrogen) atoms. The van der Waals surface area contributed by atoms with E-state index in [1.807, 2.05) is 0 Å². The molecule has 0 amide bonds. The Bertz CT molecular complexity index is 1060. The van der Waals surface area contributed by atoms with Crippen LogP contribution in [0.25, 0.3) is 16.7 Å². The summed E-state index contributed by atoms with van der Waals surface area (Å²) in [6, 6.07) is 4.20. The number of aromatic nitrogens is 4. The van der Waals surface area contributed by atoms with E-state index in [9.17, 15) is 19.1 Å². The van der Waals surface area contributed by atoms with Crippen LogP contribution in [0.15, 0.2) is 35.4 Å². The number of H-pyrrole nitrogens is 1. The Morgan fingerprint density at radius 3 is 3.04 bits per heavy atom. The Kier molecular flexibility index (Phi) is 4.35. The zero-order valence-electron chi connectivity index (χ0n) is 14.4. The molecule has 3 N–H and O–H groups in total. The van der Waals surface area contributed by atoms with E-state index < -0.39 is 11.8 Å². The van der Waals surface area contributed by atoms with Gasteiger partial charge in [0.05, 0.1) is 17.8 Å². The summed E-state index contributed by atoms with van der Waals surface area (Å²) in [7, 11) is 0. The van der Waals surface area contributed by atoms with Gasteiger partial charge in [-0.3, -0.25) is 9.59 Å². The van der Waals surface area contributed by atoms with Crippen molar-refractivity contribution in [3.8, 4) is 5.69 Å². The number of pyridine rings is 1. The summed E-state index contributed by atoms with van der Waals surface area (Å²) >= 11 is 0. The number of aliphatic carboxylic acids is 1. The molecule has 0 bridgehead atoms. The van der Waals surface area contributed by atoms with Crippen molar-refractivity contribution in [1.29, 1.82) is 0 Å². The summed E-state index contributed by atoms with van der Waals surface area (Å²) < 4.78 is 14.7. The van der Waals surface area contributed by atoms with E-state index in [-0.39, 0.29) is 17.5 Å². The first-order valence-corrected chi connectivity index (χ1v) is 8.74. The molecule has 8 nitrogen and oxygen atoms in total. The van der Waals surface area contributed by atoms with E-state index in [2.05, 4.69) is 20.4 Å². The van der Waals surface area contributed by atoms with Gasteiger partial charge in [0.2, 0.25) is 0 Å². The number of hydrogen-bond donors (Lipinski definition) is 3. The predicted octanol–water partition coefficient (Wildman–Crippen LogP) is 2.30. The van der Waals surface area contributed by atoms with Crippen LogP contribution in [0.2, 0.25) is 0 Å². The molecule has 3 aromatic rings. The number of nitrogens with one attached hydrogen (secondary N) is 2. The standard InChI is InChI=1S/C18H18FN5O3/c19-11-7-13-14(9-21-17(13)20-8-11)24-16(25)5-4-15(23-24)22-12-3-1-2-10(6-12)18(26)27/h4-5,7-10,12H,1-3,6H2,(H,20,21)(H,22,23)(H,26,27). The lowest BCUT2D eigenvalue weighted by molar-refractivity contribution is -0.142. The molecule has 4 rings (SSSR count). The molecule has 1 aliphatic rings. The lowest BCUT2D eigenvalue weighted by atomic mass is 9.86. The maximum Gasteiger partial charge on any atom is 0.306 e. The number of aromatic amines is 1. The van der Waals surface area contributed by atoms with Crippen molar-refractivity contribution in [2.24, 2.45) is 5.92 Å². The highest BCUT2D eigenvalue weighted by atomic mass is 19.1. The largest absolute Gasteiger partial charge is 0.481 e. The number of fused-ring (bicyclic) bond motifs is 1. The van der Waals surface area contributed by atoms with Gasteiger partial charge in [0, 0.05) is 23.7 Å². The van der Waals surface area contributed by atoms with Gasteiger partial charge in [-0.1, -0.05) is 6.42 Å². The highest BCUT2D eigenvalue weighted by molar-refractivity contribution is 5.85. The lowest BCUT2D eigenvalue weighted by Crippen LogP contribution is -2.32. The average Bonchev–Trinajstić information content (AvgIpc) is 3.06. The van der Waals surface area contributed by atoms with Gasteiger partial charge >= 0.3 is 5.97 Å². The first-order valence-electron chi connectivity index (χ1n) is 8.74. The Balaban J connectivity index is 1.64. The van der Waals surface area contributed by atoms with Crippen LogP contribution in [0.1, 0.15) is 25.7 Å². The number of carboxylic acids is 1. The van der Waals surface area contributed by atoms with Gasteiger partial charge < -0.3 is 15.4 Å². The molecule has 0 radical (unpaired) electrons. The number of hydrogen-bond acceptors (Lipinski definition) is 5. The normalized spacial score (nSPS) is 19.9. The number of anilines is 1. The molecule has 2 atom stereocenters. The number of halogens is 1. The van der Waals surface area contributed by atoms with Crippen LogP contribution in [0.3, 0.4) is 0 Å². The second-order valence-corrected chi connectivity index (χ2v) is 6.74. The quantitative estimate of drug-likeness (QED) is 0.649. The topological polar surface area (TPSA) is 113 Å². The van der Waals surface area contributed by atoms with Crippen LogP contribution in [0, 0.1) is 11.7 Å². The van der Waals surface area contributed by atoms with Crippen LogP contribution in [0.5, 0.6) is 0 Å². The summed E-state index contributed by atoms with van der Waals surface area (Å²) in [5, 5.41) is 17.2. The Morgan fingerprint density at radius 2 is 2.22 bits per heavy atom. The molecular formula is C18H18FN5O3. The van der Waals surface area contributed by atoms with E-state index in [1.54, 1.807) is 12.3 Å². The van der Waals surface area contributed by atoms with Crippen molar-refractivity contribution in [3.05, 3.63) is 46.8 Å². The maximum atomic E-state index is 13.6. The van der Waals surface area contributed by atoms with Crippen LogP contribution < -0.4 is 10.9 Å². The smallest absolute Gasteiger partial charge is 0.306 e. The maximum absolute atomic E-state index is 13.6. The molecule has 1 saturated carbocycles. The minimum atomic E-state index is -0.784. The third kappa shape index (κ3) is 3.40. The number of rotatable bonds is 4. The van der Waals surface area contributed by atoms with Crippen LogP contribution in [-0.4, -0.2) is 36.9 Å². The second-order valence-electron chi connectivity index (χ2n) is 6.74. The third-order valence-corrected chi connectivity index (χ3v) is 4.88. The molecule has 1 fully saturated rings. The number of nitrogens with zero attached hydrogens (tertiary/aromatic N) is 3. The fourth-order valence-corrected chi connectivity index (χ4v) is 3.55. The highest BCUT2D eigenvalue weighted by Gasteiger charge is 2.27. The van der Waals surface area contributed by atoms with Crippen LogP contribution in [-0.2, 0) is 4.79 Å². The SMILES string of the molecule is O=C(O)C1CCCC(Nc2ccc(=O)n(-c3c[nH]c4ncc(F)cc34)n2)C1. The van der Waals surface area contributed by atoms with E-state index in [0.717, 1.165) is 19.0 Å². The van der Waals surface area contributed by atoms with E-state index in [0.29, 0.717) is 35.4 Å². The van der Waals surface area contributed by atoms with Gasteiger partial charge in [0.1, 0.15) is 17.3 Å². The summed E-state index contributed by atoms with van der Waals surface area (Å²) in [6.07, 6.45) is 5.50. The van der Waals surface area contributed by atoms with E-state index >= 15 is 0 Å². The monoisotopic (exact) mass is 371 g/mol. The zero-order valence-corrected chi connectivity index (χ0v) is 14.4. The third-order valence-electron chi connectivity index (χ3n) is 4.88. The molecule has 2 unspecified atom stereocenters. The first kappa shape index (κ1) is 17.2. The van der Waals surface area contributed by atoms with Crippen molar-refractivity contribution in [1.82, 2.24) is 19.7 Å². The fourth-order valence-electron chi connectivity index (χ4n) is 3.55. The Hall–Kier alpha value is -3.23. The molecule has 0 aliphatic heterocycles. The summed E-state index contributed by atoms with van der Waals surface area (Å²) in [4.78, 5) is 30.4. The predicted molar refractivity (Wildman–Crippen MR) is 96.4 cm³/mol. The van der Waals surface area contributed by atoms with Crippen molar-refractivity contribution in [2.45, 2.75) is 31.7 Å². The molecule has 0 aromatic carbocycles. The van der Waals surface area contributed by atoms with E-state index in [4.69, 9.17) is 0 Å². The van der Waals surface area contributed by atoms with Gasteiger partial charge in [0.15, 0.2) is 0 Å². The molecule has 3 aromatic heterocycles. The number of carbonyl (C=O) groups is 1. The molecular weight excluding hydrogens is 353 g/mol. The number of carboxylic acid groups (broad SMARTS) is 1. The average molecular weight is 371 g/mol. The molecule has 0 spiro atoms. The Morgan fingerprint density at radius 1 is 1.37 bits per heavy atom. The van der Waals surface area contributed by atoms with E-state index in [1.165, 1.54) is 16.8 Å². The zero-order chi connectivity index (χ0) is 19.0. The second kappa shape index (κ2) is 6.82. The molecule has 3 heterocycles. The lowest BCUT2D eigenvalue weighted by Gasteiger charge is -2.27. The van der Waals surface area contributed by atoms with Crippen LogP contribution >= 0.6 is 0 Å². The van der Waals surface area contributed by atoms with Gasteiger partial charge in [0.25, 0.3) is 5.56 Å². The van der Waals surface area contributed by atoms with Crippen LogP contribution in [0.4, 0.5) is 10.2 Å². The molecule has 1 aliphatic carbocycles. The van der Waals surface area contributed by atoms with Gasteiger partial charge in [-0.2, -0.15) is 4.68 Å². The van der Waals surface area contributed by atoms with Crippen molar-refractivity contribution in [2.75, 3.05) is 5.32 Å². The Labute approximate surface area is 153 Å². The molecule has 140 valence electrons. The highest BCUT2D eigenvalue weighted by Crippen LogP contribution is 2.26. The first-order chi connectivity index (χ1) is 13.0. The molecule has 9 heteroatoms. The minimum Gasteiger partial charge on any atom is -0.481 e. The summed E-state index contributed by atoms with van der Waals surface area (Å²) in [5.74, 6) is -1.20. The summed E-state index contributed by atoms with van der Waals surface area (Å²) in [6.45, 7) is 0. The van der Waals surface area contributed by atoms with Crippen molar-refractivity contribution < 1.29 is 14.3 Å². The fraction of sp³-hybridized carbons (Fsp3) is 0.333.